The van der Waals surface area contributed by atoms with Crippen LogP contribution in [-0.2, 0) is 28.6 Å². The summed E-state index contributed by atoms with van der Waals surface area (Å²) in [6.07, 6.45) is -1.44. The van der Waals surface area contributed by atoms with Gasteiger partial charge in [-0.2, -0.15) is 0 Å². The van der Waals surface area contributed by atoms with Crippen molar-refractivity contribution in [2.45, 2.75) is 29.5 Å². The van der Waals surface area contributed by atoms with E-state index in [9.17, 15) is 14.4 Å². The molecule has 0 N–H and O–H groups in total. The molecule has 3 aliphatic heterocycles. The van der Waals surface area contributed by atoms with E-state index in [4.69, 9.17) is 19.2 Å². The van der Waals surface area contributed by atoms with Crippen LogP contribution in [0.15, 0.2) is 96.0 Å². The van der Waals surface area contributed by atoms with Gasteiger partial charge in [0.05, 0.1) is 33.5 Å². The Kier molecular flexibility index (Phi) is 5.85. The zero-order chi connectivity index (χ0) is 27.4. The van der Waals surface area contributed by atoms with Crippen molar-refractivity contribution in [3.63, 3.8) is 0 Å². The fourth-order valence-electron chi connectivity index (χ4n) is 6.61. The minimum absolute atomic E-state index is 0.196. The molecule has 0 aliphatic carbocycles. The molecule has 3 aliphatic rings. The molecule has 3 aromatic carbocycles. The van der Waals surface area contributed by atoms with Crippen molar-refractivity contribution in [2.24, 2.45) is 4.99 Å². The first-order valence-corrected chi connectivity index (χ1v) is 12.5. The number of nitrogens with zero attached hydrogens (tertiary/aromatic N) is 3. The standard InChI is InChI=1S/C30H27N3O6/c1-37-26(34)22-29(27(35)38-2)30(28(36)39-3)23(19-13-7-4-8-14-19)32(30)25(21-17-11-6-12-18-21)33(29)24(31-22)20-15-9-5-10-16-20/h4-18,23-25H,1-3H3/t23-,24-,25-,29-,30-,32?/m1/s1. The summed E-state index contributed by atoms with van der Waals surface area (Å²) >= 11 is 0. The van der Waals surface area contributed by atoms with Crippen LogP contribution in [0.5, 0.6) is 0 Å². The summed E-state index contributed by atoms with van der Waals surface area (Å²) in [5.41, 5.74) is -1.48. The molecular formula is C30H27N3O6. The molecule has 9 heteroatoms. The minimum Gasteiger partial charge on any atom is -0.467 e. The average molecular weight is 526 g/mol. The van der Waals surface area contributed by atoms with Gasteiger partial charge in [0.25, 0.3) is 0 Å². The molecule has 0 saturated carbocycles. The lowest BCUT2D eigenvalue weighted by atomic mass is 9.74. The first kappa shape index (κ1) is 25.0. The highest BCUT2D eigenvalue weighted by Crippen LogP contribution is 2.74. The molecule has 39 heavy (non-hydrogen) atoms. The van der Waals surface area contributed by atoms with Gasteiger partial charge in [-0.3, -0.25) is 9.89 Å². The van der Waals surface area contributed by atoms with Gasteiger partial charge in [-0.25, -0.2) is 19.3 Å². The number of carbonyl (C=O) groups is 3. The highest BCUT2D eigenvalue weighted by molar-refractivity contribution is 6.47. The van der Waals surface area contributed by atoms with Gasteiger partial charge in [0.15, 0.2) is 11.3 Å². The molecule has 3 heterocycles. The van der Waals surface area contributed by atoms with Crippen LogP contribution in [0.2, 0.25) is 0 Å². The summed E-state index contributed by atoms with van der Waals surface area (Å²) in [6, 6.07) is 27.7. The first-order chi connectivity index (χ1) is 19.0. The maximum atomic E-state index is 14.3. The third-order valence-electron chi connectivity index (χ3n) is 8.00. The number of fused-ring (bicyclic) bond motifs is 3. The Morgan fingerprint density at radius 1 is 0.667 bits per heavy atom. The third-order valence-corrected chi connectivity index (χ3v) is 8.00. The molecule has 198 valence electrons. The van der Waals surface area contributed by atoms with Crippen LogP contribution in [-0.4, -0.2) is 65.8 Å². The van der Waals surface area contributed by atoms with Gasteiger partial charge >= 0.3 is 17.9 Å². The average Bonchev–Trinajstić information content (AvgIpc) is 3.43. The Hall–Kier alpha value is -4.34. The molecular weight excluding hydrogens is 498 g/mol. The quantitative estimate of drug-likeness (QED) is 0.275. The molecule has 2 fully saturated rings. The Morgan fingerprint density at radius 2 is 1.18 bits per heavy atom. The number of benzene rings is 3. The van der Waals surface area contributed by atoms with Gasteiger partial charge < -0.3 is 14.2 Å². The number of methoxy groups -OCH3 is 3. The fourth-order valence-corrected chi connectivity index (χ4v) is 6.61. The molecule has 0 spiro atoms. The van der Waals surface area contributed by atoms with Gasteiger partial charge in [-0.05, 0) is 16.7 Å². The van der Waals surface area contributed by atoms with Crippen LogP contribution >= 0.6 is 0 Å². The number of rotatable bonds is 6. The van der Waals surface area contributed by atoms with Crippen molar-refractivity contribution in [1.29, 1.82) is 0 Å². The zero-order valence-electron chi connectivity index (χ0n) is 21.7. The molecule has 6 rings (SSSR count). The van der Waals surface area contributed by atoms with Gasteiger partial charge in [0, 0.05) is 0 Å². The predicted octanol–water partition coefficient (Wildman–Crippen LogP) is 3.21. The van der Waals surface area contributed by atoms with Crippen LogP contribution < -0.4 is 0 Å². The van der Waals surface area contributed by atoms with Crippen molar-refractivity contribution in [3.8, 4) is 0 Å². The predicted molar refractivity (Wildman–Crippen MR) is 140 cm³/mol. The summed E-state index contributed by atoms with van der Waals surface area (Å²) in [4.78, 5) is 50.4. The van der Waals surface area contributed by atoms with E-state index in [1.165, 1.54) is 21.3 Å². The van der Waals surface area contributed by atoms with Crippen LogP contribution in [0.3, 0.4) is 0 Å². The van der Waals surface area contributed by atoms with Gasteiger partial charge in [-0.15, -0.1) is 0 Å². The smallest absolute Gasteiger partial charge is 0.354 e. The number of hydrogen-bond donors (Lipinski definition) is 0. The number of hydrogen-bond acceptors (Lipinski definition) is 9. The Labute approximate surface area is 225 Å². The number of esters is 3. The molecule has 0 bridgehead atoms. The Morgan fingerprint density at radius 3 is 1.69 bits per heavy atom. The fraction of sp³-hybridized carbons (Fsp3) is 0.267. The Bertz CT molecular complexity index is 1460. The molecule has 6 atom stereocenters. The second-order valence-electron chi connectivity index (χ2n) is 9.63. The van der Waals surface area contributed by atoms with Crippen LogP contribution in [0.25, 0.3) is 0 Å². The SMILES string of the molecule is COC(=O)C1=N[C@@H](c2ccccc2)N2[C@H](c3ccccc3)N3[C@H](c4ccccc4)[C@@]3(C(=O)OC)[C@]12C(=O)OC. The van der Waals surface area contributed by atoms with Crippen molar-refractivity contribution >= 4 is 23.6 Å². The molecule has 0 amide bonds. The monoisotopic (exact) mass is 525 g/mol. The largest absolute Gasteiger partial charge is 0.467 e. The normalized spacial score (nSPS) is 30.5. The summed E-state index contributed by atoms with van der Waals surface area (Å²) in [6.45, 7) is 0. The van der Waals surface area contributed by atoms with Gasteiger partial charge in [0.2, 0.25) is 5.54 Å². The molecule has 2 saturated heterocycles. The van der Waals surface area contributed by atoms with Crippen LogP contribution in [0, 0.1) is 0 Å². The van der Waals surface area contributed by atoms with Crippen molar-refractivity contribution in [1.82, 2.24) is 9.80 Å². The first-order valence-electron chi connectivity index (χ1n) is 12.5. The number of aliphatic imine (C=N–C) groups is 1. The van der Waals surface area contributed by atoms with Crippen molar-refractivity contribution in [2.75, 3.05) is 21.3 Å². The van der Waals surface area contributed by atoms with E-state index >= 15 is 0 Å². The second-order valence-corrected chi connectivity index (χ2v) is 9.63. The van der Waals surface area contributed by atoms with E-state index in [0.717, 1.165) is 16.7 Å². The van der Waals surface area contributed by atoms with E-state index in [1.807, 2.05) is 101 Å². The van der Waals surface area contributed by atoms with Crippen LogP contribution in [0.4, 0.5) is 0 Å². The zero-order valence-corrected chi connectivity index (χ0v) is 21.7. The maximum Gasteiger partial charge on any atom is 0.354 e. The number of ether oxygens (including phenoxy) is 3. The summed E-state index contributed by atoms with van der Waals surface area (Å²) < 4.78 is 16.0. The van der Waals surface area contributed by atoms with Gasteiger partial charge in [-0.1, -0.05) is 91.0 Å². The molecule has 0 aromatic heterocycles. The van der Waals surface area contributed by atoms with Gasteiger partial charge in [0.1, 0.15) is 6.17 Å². The van der Waals surface area contributed by atoms with E-state index in [2.05, 4.69) is 0 Å². The van der Waals surface area contributed by atoms with E-state index < -0.39 is 47.4 Å². The van der Waals surface area contributed by atoms with E-state index in [1.54, 1.807) is 0 Å². The van der Waals surface area contributed by atoms with E-state index in [0.29, 0.717) is 0 Å². The summed E-state index contributed by atoms with van der Waals surface area (Å²) in [7, 11) is 3.74. The lowest BCUT2D eigenvalue weighted by molar-refractivity contribution is -0.160. The molecule has 9 nitrogen and oxygen atoms in total. The molecule has 3 aromatic rings. The van der Waals surface area contributed by atoms with E-state index in [-0.39, 0.29) is 5.71 Å². The van der Waals surface area contributed by atoms with Crippen molar-refractivity contribution in [3.05, 3.63) is 108 Å². The molecule has 0 radical (unpaired) electrons. The second kappa shape index (κ2) is 9.14. The third kappa shape index (κ3) is 3.08. The maximum absolute atomic E-state index is 14.3. The highest BCUT2D eigenvalue weighted by atomic mass is 16.5. The lowest BCUT2D eigenvalue weighted by Gasteiger charge is -2.41. The topological polar surface area (TPSA) is 97.5 Å². The summed E-state index contributed by atoms with van der Waals surface area (Å²) in [5.74, 6) is -2.28. The minimum atomic E-state index is -1.97. The van der Waals surface area contributed by atoms with Crippen LogP contribution in [0.1, 0.15) is 35.1 Å². The Balaban J connectivity index is 1.72. The number of carbonyl (C=O) groups excluding carboxylic acids is 3. The highest BCUT2D eigenvalue weighted by Gasteiger charge is 2.94. The lowest BCUT2D eigenvalue weighted by Crippen LogP contribution is -2.68. The summed E-state index contributed by atoms with van der Waals surface area (Å²) in [5, 5.41) is 0. The van der Waals surface area contributed by atoms with Crippen molar-refractivity contribution < 1.29 is 28.6 Å². The molecule has 1 unspecified atom stereocenters.